The SMILES string of the molecule is CC1CCCN(Cc2ccc(NC(=O)C(C)(N)c3ccccc3)cc2)C1. The first kappa shape index (κ1) is 18.6. The maximum Gasteiger partial charge on any atom is 0.248 e. The second kappa shape index (κ2) is 8.02. The topological polar surface area (TPSA) is 58.4 Å². The van der Waals surface area contributed by atoms with E-state index >= 15 is 0 Å². The van der Waals surface area contributed by atoms with Gasteiger partial charge in [-0.05, 0) is 55.5 Å². The monoisotopic (exact) mass is 351 g/mol. The highest BCUT2D eigenvalue weighted by atomic mass is 16.2. The fourth-order valence-electron chi connectivity index (χ4n) is 3.56. The third kappa shape index (κ3) is 4.51. The van der Waals surface area contributed by atoms with Crippen LogP contribution in [0.4, 0.5) is 5.69 Å². The minimum atomic E-state index is -1.07. The maximum absolute atomic E-state index is 12.6. The number of rotatable bonds is 5. The van der Waals surface area contributed by atoms with Crippen LogP contribution in [0.15, 0.2) is 54.6 Å². The largest absolute Gasteiger partial charge is 0.324 e. The Morgan fingerprint density at radius 1 is 1.19 bits per heavy atom. The zero-order chi connectivity index (χ0) is 18.6. The highest BCUT2D eigenvalue weighted by Gasteiger charge is 2.30. The van der Waals surface area contributed by atoms with Crippen LogP contribution in [0.2, 0.25) is 0 Å². The summed E-state index contributed by atoms with van der Waals surface area (Å²) in [5, 5.41) is 2.94. The molecule has 1 fully saturated rings. The van der Waals surface area contributed by atoms with Crippen LogP contribution in [0.1, 0.15) is 37.8 Å². The Hall–Kier alpha value is -2.17. The molecule has 4 heteroatoms. The molecule has 0 saturated carbocycles. The highest BCUT2D eigenvalue weighted by molar-refractivity contribution is 5.98. The van der Waals surface area contributed by atoms with Crippen molar-refractivity contribution in [2.24, 2.45) is 11.7 Å². The number of hydrogen-bond acceptors (Lipinski definition) is 3. The van der Waals surface area contributed by atoms with E-state index in [2.05, 4.69) is 29.3 Å². The molecule has 4 nitrogen and oxygen atoms in total. The summed E-state index contributed by atoms with van der Waals surface area (Å²) in [5.41, 5.74) is 8.06. The van der Waals surface area contributed by atoms with Gasteiger partial charge in [0.1, 0.15) is 5.54 Å². The molecule has 1 heterocycles. The van der Waals surface area contributed by atoms with Crippen molar-refractivity contribution >= 4 is 11.6 Å². The van der Waals surface area contributed by atoms with Crippen LogP contribution in [-0.4, -0.2) is 23.9 Å². The molecule has 2 unspecified atom stereocenters. The zero-order valence-electron chi connectivity index (χ0n) is 15.7. The van der Waals surface area contributed by atoms with Crippen LogP contribution in [0.25, 0.3) is 0 Å². The first-order valence-electron chi connectivity index (χ1n) is 9.42. The van der Waals surface area contributed by atoms with Gasteiger partial charge in [-0.25, -0.2) is 0 Å². The van der Waals surface area contributed by atoms with E-state index in [-0.39, 0.29) is 5.91 Å². The second-order valence-electron chi connectivity index (χ2n) is 7.70. The standard InChI is InChI=1S/C22H29N3O/c1-17-7-6-14-25(15-17)16-18-10-12-20(13-11-18)24-21(26)22(2,23)19-8-4-3-5-9-19/h3-5,8-13,17H,6-7,14-16,23H2,1-2H3,(H,24,26). The van der Waals surface area contributed by atoms with Crippen molar-refractivity contribution in [2.75, 3.05) is 18.4 Å². The van der Waals surface area contributed by atoms with E-state index in [0.717, 1.165) is 23.7 Å². The minimum absolute atomic E-state index is 0.207. The van der Waals surface area contributed by atoms with Gasteiger partial charge in [0.25, 0.3) is 0 Å². The first-order valence-corrected chi connectivity index (χ1v) is 9.42. The third-order valence-corrected chi connectivity index (χ3v) is 5.20. The molecule has 1 amide bonds. The van der Waals surface area contributed by atoms with Crippen LogP contribution in [0, 0.1) is 5.92 Å². The van der Waals surface area contributed by atoms with Crippen LogP contribution in [0.3, 0.4) is 0 Å². The molecule has 2 aromatic carbocycles. The molecular formula is C22H29N3O. The van der Waals surface area contributed by atoms with Gasteiger partial charge < -0.3 is 11.1 Å². The molecule has 3 N–H and O–H groups in total. The average molecular weight is 351 g/mol. The smallest absolute Gasteiger partial charge is 0.248 e. The molecule has 0 radical (unpaired) electrons. The van der Waals surface area contributed by atoms with Gasteiger partial charge in [-0.3, -0.25) is 9.69 Å². The van der Waals surface area contributed by atoms with Crippen molar-refractivity contribution in [3.63, 3.8) is 0 Å². The fraction of sp³-hybridized carbons (Fsp3) is 0.409. The van der Waals surface area contributed by atoms with Crippen molar-refractivity contribution in [2.45, 2.75) is 38.8 Å². The number of nitrogens with one attached hydrogen (secondary N) is 1. The Balaban J connectivity index is 1.61. The maximum atomic E-state index is 12.6. The summed E-state index contributed by atoms with van der Waals surface area (Å²) < 4.78 is 0. The van der Waals surface area contributed by atoms with E-state index in [1.807, 2.05) is 42.5 Å². The van der Waals surface area contributed by atoms with Gasteiger partial charge in [0.2, 0.25) is 5.91 Å². The van der Waals surface area contributed by atoms with Crippen molar-refractivity contribution in [3.05, 3.63) is 65.7 Å². The predicted molar refractivity (Wildman–Crippen MR) is 107 cm³/mol. The molecule has 2 atom stereocenters. The summed E-state index contributed by atoms with van der Waals surface area (Å²) in [5.74, 6) is 0.573. The summed E-state index contributed by atoms with van der Waals surface area (Å²) in [6.45, 7) is 7.37. The number of nitrogens with zero attached hydrogens (tertiary/aromatic N) is 1. The molecule has 1 saturated heterocycles. The van der Waals surface area contributed by atoms with Crippen molar-refractivity contribution < 1.29 is 4.79 Å². The van der Waals surface area contributed by atoms with Crippen LogP contribution in [-0.2, 0) is 16.9 Å². The fourth-order valence-corrected chi connectivity index (χ4v) is 3.56. The third-order valence-electron chi connectivity index (χ3n) is 5.20. The number of likely N-dealkylation sites (tertiary alicyclic amines) is 1. The molecular weight excluding hydrogens is 322 g/mol. The number of carbonyl (C=O) groups excluding carboxylic acids is 1. The van der Waals surface area contributed by atoms with Gasteiger partial charge in [0, 0.05) is 18.8 Å². The van der Waals surface area contributed by atoms with E-state index < -0.39 is 5.54 Å². The second-order valence-corrected chi connectivity index (χ2v) is 7.70. The molecule has 2 aromatic rings. The Morgan fingerprint density at radius 2 is 1.88 bits per heavy atom. The highest BCUT2D eigenvalue weighted by Crippen LogP contribution is 2.21. The van der Waals surface area contributed by atoms with Gasteiger partial charge in [-0.15, -0.1) is 0 Å². The summed E-state index contributed by atoms with van der Waals surface area (Å²) >= 11 is 0. The average Bonchev–Trinajstić information content (AvgIpc) is 2.64. The van der Waals surface area contributed by atoms with Crippen molar-refractivity contribution in [3.8, 4) is 0 Å². The molecule has 0 bridgehead atoms. The normalized spacial score (nSPS) is 20.3. The van der Waals surface area contributed by atoms with Crippen LogP contribution >= 0.6 is 0 Å². The van der Waals surface area contributed by atoms with Crippen molar-refractivity contribution in [1.29, 1.82) is 0 Å². The van der Waals surface area contributed by atoms with Gasteiger partial charge in [-0.1, -0.05) is 49.4 Å². The molecule has 0 spiro atoms. The van der Waals surface area contributed by atoms with Gasteiger partial charge in [-0.2, -0.15) is 0 Å². The minimum Gasteiger partial charge on any atom is -0.324 e. The van der Waals surface area contributed by atoms with E-state index in [0.29, 0.717) is 0 Å². The van der Waals surface area contributed by atoms with Crippen LogP contribution < -0.4 is 11.1 Å². The van der Waals surface area contributed by atoms with E-state index in [1.165, 1.54) is 31.5 Å². The van der Waals surface area contributed by atoms with Gasteiger partial charge in [0.05, 0.1) is 0 Å². The molecule has 3 rings (SSSR count). The number of anilines is 1. The number of carbonyl (C=O) groups is 1. The lowest BCUT2D eigenvalue weighted by atomic mass is 9.92. The van der Waals surface area contributed by atoms with Gasteiger partial charge in [0.15, 0.2) is 0 Å². The Morgan fingerprint density at radius 3 is 2.54 bits per heavy atom. The number of benzene rings is 2. The zero-order valence-corrected chi connectivity index (χ0v) is 15.7. The Bertz CT molecular complexity index is 725. The van der Waals surface area contributed by atoms with E-state index in [9.17, 15) is 4.79 Å². The van der Waals surface area contributed by atoms with Crippen molar-refractivity contribution in [1.82, 2.24) is 4.90 Å². The molecule has 138 valence electrons. The number of piperidine rings is 1. The van der Waals surface area contributed by atoms with E-state index in [1.54, 1.807) is 6.92 Å². The number of amides is 1. The predicted octanol–water partition coefficient (Wildman–Crippen LogP) is 3.73. The summed E-state index contributed by atoms with van der Waals surface area (Å²) in [6, 6.07) is 17.6. The summed E-state index contributed by atoms with van der Waals surface area (Å²) in [6.07, 6.45) is 2.62. The van der Waals surface area contributed by atoms with E-state index in [4.69, 9.17) is 5.73 Å². The molecule has 1 aliphatic rings. The molecule has 0 aromatic heterocycles. The number of nitrogens with two attached hydrogens (primary N) is 1. The van der Waals surface area contributed by atoms with Gasteiger partial charge >= 0.3 is 0 Å². The summed E-state index contributed by atoms with van der Waals surface area (Å²) in [4.78, 5) is 15.1. The Labute approximate surface area is 156 Å². The lowest BCUT2D eigenvalue weighted by Gasteiger charge is -2.30. The summed E-state index contributed by atoms with van der Waals surface area (Å²) in [7, 11) is 0. The molecule has 1 aliphatic heterocycles. The molecule has 0 aliphatic carbocycles. The Kier molecular flexibility index (Phi) is 5.74. The lowest BCUT2D eigenvalue weighted by Crippen LogP contribution is -2.45. The quantitative estimate of drug-likeness (QED) is 0.863. The lowest BCUT2D eigenvalue weighted by molar-refractivity contribution is -0.120. The molecule has 26 heavy (non-hydrogen) atoms. The number of hydrogen-bond donors (Lipinski definition) is 2. The first-order chi connectivity index (χ1) is 12.4. The van der Waals surface area contributed by atoms with Crippen LogP contribution in [0.5, 0.6) is 0 Å².